The summed E-state index contributed by atoms with van der Waals surface area (Å²) in [5.74, 6) is -0.474. The van der Waals surface area contributed by atoms with Gasteiger partial charge >= 0.3 is 6.18 Å². The van der Waals surface area contributed by atoms with E-state index in [4.69, 9.17) is 0 Å². The second-order valence-corrected chi connectivity index (χ2v) is 4.05. The zero-order valence-electron chi connectivity index (χ0n) is 9.02. The summed E-state index contributed by atoms with van der Waals surface area (Å²) in [5.41, 5.74) is -1.90. The third-order valence-electron chi connectivity index (χ3n) is 3.06. The van der Waals surface area contributed by atoms with Gasteiger partial charge in [0, 0.05) is 13.5 Å². The SMILES string of the molecule is CCCC1(C(F)(F)F)CCCN1C(C)=O. The van der Waals surface area contributed by atoms with E-state index in [-0.39, 0.29) is 19.4 Å². The molecule has 0 radical (unpaired) electrons. The highest BCUT2D eigenvalue weighted by Crippen LogP contribution is 2.46. The number of amides is 1. The molecule has 1 unspecified atom stereocenters. The molecule has 0 aromatic heterocycles. The van der Waals surface area contributed by atoms with Gasteiger partial charge in [-0.1, -0.05) is 13.3 Å². The van der Waals surface area contributed by atoms with Crippen LogP contribution >= 0.6 is 0 Å². The predicted octanol–water partition coefficient (Wildman–Crippen LogP) is 2.73. The van der Waals surface area contributed by atoms with Gasteiger partial charge in [-0.05, 0) is 19.3 Å². The number of hydrogen-bond donors (Lipinski definition) is 0. The van der Waals surface area contributed by atoms with E-state index in [1.165, 1.54) is 6.92 Å². The van der Waals surface area contributed by atoms with Gasteiger partial charge in [-0.2, -0.15) is 13.2 Å². The Morgan fingerprint density at radius 3 is 2.47 bits per heavy atom. The molecule has 1 atom stereocenters. The summed E-state index contributed by atoms with van der Waals surface area (Å²) in [6, 6.07) is 0. The number of alkyl halides is 3. The largest absolute Gasteiger partial charge is 0.411 e. The van der Waals surface area contributed by atoms with Crippen LogP contribution in [0.4, 0.5) is 13.2 Å². The smallest absolute Gasteiger partial charge is 0.328 e. The van der Waals surface area contributed by atoms with Crippen molar-refractivity contribution in [2.45, 2.75) is 51.2 Å². The molecule has 2 nitrogen and oxygen atoms in total. The van der Waals surface area contributed by atoms with Crippen LogP contribution in [-0.4, -0.2) is 29.1 Å². The van der Waals surface area contributed by atoms with E-state index in [1.807, 2.05) is 0 Å². The summed E-state index contributed by atoms with van der Waals surface area (Å²) < 4.78 is 39.1. The molecular weight excluding hydrogens is 207 g/mol. The van der Waals surface area contributed by atoms with Crippen LogP contribution in [0.1, 0.15) is 39.5 Å². The lowest BCUT2D eigenvalue weighted by Crippen LogP contribution is -2.56. The molecule has 1 amide bonds. The Morgan fingerprint density at radius 2 is 2.07 bits per heavy atom. The lowest BCUT2D eigenvalue weighted by molar-refractivity contribution is -0.225. The molecule has 0 saturated carbocycles. The highest BCUT2D eigenvalue weighted by Gasteiger charge is 2.60. The maximum absolute atomic E-state index is 13.0. The number of carbonyl (C=O) groups is 1. The highest BCUT2D eigenvalue weighted by atomic mass is 19.4. The maximum atomic E-state index is 13.0. The standard InChI is InChI=1S/C10H16F3NO/c1-3-5-9(10(11,12)13)6-4-7-14(9)8(2)15/h3-7H2,1-2H3. The van der Waals surface area contributed by atoms with Crippen molar-refractivity contribution < 1.29 is 18.0 Å². The molecular formula is C10H16F3NO. The summed E-state index contributed by atoms with van der Waals surface area (Å²) in [5, 5.41) is 0. The first-order valence-electron chi connectivity index (χ1n) is 5.20. The van der Waals surface area contributed by atoms with Crippen molar-refractivity contribution in [1.82, 2.24) is 4.90 Å². The van der Waals surface area contributed by atoms with Gasteiger partial charge in [0.15, 0.2) is 0 Å². The third kappa shape index (κ3) is 1.96. The molecule has 1 aliphatic heterocycles. The van der Waals surface area contributed by atoms with Crippen molar-refractivity contribution in [1.29, 1.82) is 0 Å². The summed E-state index contributed by atoms with van der Waals surface area (Å²) in [6.45, 7) is 3.15. The Morgan fingerprint density at radius 1 is 1.47 bits per heavy atom. The number of carbonyl (C=O) groups excluding carboxylic acids is 1. The van der Waals surface area contributed by atoms with Gasteiger partial charge in [0.2, 0.25) is 5.91 Å². The topological polar surface area (TPSA) is 20.3 Å². The molecule has 0 bridgehead atoms. The maximum Gasteiger partial charge on any atom is 0.411 e. The minimum Gasteiger partial charge on any atom is -0.328 e. The second kappa shape index (κ2) is 4.02. The molecule has 1 heterocycles. The minimum absolute atomic E-state index is 0.0100. The van der Waals surface area contributed by atoms with Gasteiger partial charge in [0.1, 0.15) is 5.54 Å². The Hall–Kier alpha value is -0.740. The second-order valence-electron chi connectivity index (χ2n) is 4.05. The number of nitrogens with zero attached hydrogens (tertiary/aromatic N) is 1. The van der Waals surface area contributed by atoms with Crippen LogP contribution in [0.25, 0.3) is 0 Å². The number of rotatable bonds is 2. The van der Waals surface area contributed by atoms with Gasteiger partial charge in [-0.25, -0.2) is 0 Å². The van der Waals surface area contributed by atoms with E-state index >= 15 is 0 Å². The van der Waals surface area contributed by atoms with E-state index in [0.717, 1.165) is 4.90 Å². The van der Waals surface area contributed by atoms with Crippen LogP contribution in [0.5, 0.6) is 0 Å². The van der Waals surface area contributed by atoms with Gasteiger partial charge in [-0.3, -0.25) is 4.79 Å². The number of likely N-dealkylation sites (tertiary alicyclic amines) is 1. The van der Waals surface area contributed by atoms with Crippen LogP contribution in [0.3, 0.4) is 0 Å². The van der Waals surface area contributed by atoms with Crippen molar-refractivity contribution in [3.8, 4) is 0 Å². The van der Waals surface area contributed by atoms with Gasteiger partial charge < -0.3 is 4.90 Å². The molecule has 0 aliphatic carbocycles. The predicted molar refractivity (Wildman–Crippen MR) is 50.3 cm³/mol. The highest BCUT2D eigenvalue weighted by molar-refractivity contribution is 5.74. The lowest BCUT2D eigenvalue weighted by atomic mass is 9.89. The monoisotopic (exact) mass is 223 g/mol. The molecule has 5 heteroatoms. The normalized spacial score (nSPS) is 27.1. The fourth-order valence-corrected chi connectivity index (χ4v) is 2.45. The van der Waals surface area contributed by atoms with Crippen molar-refractivity contribution in [2.75, 3.05) is 6.54 Å². The fourth-order valence-electron chi connectivity index (χ4n) is 2.45. The average molecular weight is 223 g/mol. The number of hydrogen-bond acceptors (Lipinski definition) is 1. The molecule has 0 spiro atoms. The summed E-state index contributed by atoms with van der Waals surface area (Å²) in [4.78, 5) is 12.2. The first-order valence-corrected chi connectivity index (χ1v) is 5.20. The van der Waals surface area contributed by atoms with Crippen molar-refractivity contribution in [2.24, 2.45) is 0 Å². The molecule has 1 rings (SSSR count). The first-order chi connectivity index (χ1) is 6.85. The minimum atomic E-state index is -4.31. The van der Waals surface area contributed by atoms with E-state index in [0.29, 0.717) is 12.8 Å². The van der Waals surface area contributed by atoms with E-state index in [1.54, 1.807) is 6.92 Å². The molecule has 0 aromatic rings. The molecule has 1 saturated heterocycles. The van der Waals surface area contributed by atoms with Crippen LogP contribution in [0.15, 0.2) is 0 Å². The van der Waals surface area contributed by atoms with Crippen LogP contribution in [0, 0.1) is 0 Å². The Bertz CT molecular complexity index is 252. The van der Waals surface area contributed by atoms with Gasteiger partial charge in [0.05, 0.1) is 0 Å². The van der Waals surface area contributed by atoms with Crippen molar-refractivity contribution in [3.63, 3.8) is 0 Å². The van der Waals surface area contributed by atoms with Gasteiger partial charge in [-0.15, -0.1) is 0 Å². The Kier molecular flexibility index (Phi) is 3.31. The summed E-state index contributed by atoms with van der Waals surface area (Å²) in [6.07, 6.45) is -3.38. The first kappa shape index (κ1) is 12.3. The molecule has 1 fully saturated rings. The zero-order valence-corrected chi connectivity index (χ0v) is 9.02. The lowest BCUT2D eigenvalue weighted by Gasteiger charge is -2.39. The molecule has 88 valence electrons. The molecule has 0 aromatic carbocycles. The van der Waals surface area contributed by atoms with Crippen molar-refractivity contribution >= 4 is 5.91 Å². The Labute approximate surface area is 87.4 Å². The molecule has 15 heavy (non-hydrogen) atoms. The summed E-state index contributed by atoms with van der Waals surface area (Å²) >= 11 is 0. The van der Waals surface area contributed by atoms with E-state index < -0.39 is 17.6 Å². The van der Waals surface area contributed by atoms with Crippen LogP contribution < -0.4 is 0 Å². The van der Waals surface area contributed by atoms with Crippen LogP contribution in [0.2, 0.25) is 0 Å². The molecule has 0 N–H and O–H groups in total. The van der Waals surface area contributed by atoms with E-state index in [2.05, 4.69) is 0 Å². The van der Waals surface area contributed by atoms with E-state index in [9.17, 15) is 18.0 Å². The van der Waals surface area contributed by atoms with Crippen molar-refractivity contribution in [3.05, 3.63) is 0 Å². The zero-order chi connectivity index (χ0) is 11.7. The third-order valence-corrected chi connectivity index (χ3v) is 3.06. The molecule has 1 aliphatic rings. The van der Waals surface area contributed by atoms with Crippen LogP contribution in [-0.2, 0) is 4.79 Å². The quantitative estimate of drug-likeness (QED) is 0.704. The average Bonchev–Trinajstić information content (AvgIpc) is 2.48. The Balaban J connectivity index is 3.04. The summed E-state index contributed by atoms with van der Waals surface area (Å²) in [7, 11) is 0. The fraction of sp³-hybridized carbons (Fsp3) is 0.900. The number of halogens is 3. The van der Waals surface area contributed by atoms with Gasteiger partial charge in [0.25, 0.3) is 0 Å².